The number of anilines is 1. The second-order valence-electron chi connectivity index (χ2n) is 7.86. The van der Waals surface area contributed by atoms with Crippen molar-refractivity contribution in [2.45, 2.75) is 18.6 Å². The highest BCUT2D eigenvalue weighted by Crippen LogP contribution is 2.44. The zero-order valence-electron chi connectivity index (χ0n) is 17.7. The Morgan fingerprint density at radius 2 is 1.85 bits per heavy atom. The predicted molar refractivity (Wildman–Crippen MR) is 118 cm³/mol. The molecule has 0 N–H and O–H groups in total. The van der Waals surface area contributed by atoms with Gasteiger partial charge in [-0.05, 0) is 35.9 Å². The molecule has 2 aliphatic rings. The van der Waals surface area contributed by atoms with Crippen molar-refractivity contribution in [3.8, 4) is 6.07 Å². The molecule has 0 saturated heterocycles. The number of alkyl halides is 3. The van der Waals surface area contributed by atoms with E-state index in [1.807, 2.05) is 6.07 Å². The minimum Gasteiger partial charge on any atom is -0.341 e. The Bertz CT molecular complexity index is 1230. The second kappa shape index (κ2) is 8.23. The first-order chi connectivity index (χ1) is 15.5. The SMILES string of the molecule is CN1CCC2=C(C1=O)C(c1ccc(C#N)cc1Br)N(C)C(=O)N2c1cccc(C(F)(F)F)c1. The first-order valence-electron chi connectivity index (χ1n) is 9.96. The zero-order valence-corrected chi connectivity index (χ0v) is 19.2. The normalized spacial score (nSPS) is 19.1. The Morgan fingerprint density at radius 1 is 1.12 bits per heavy atom. The van der Waals surface area contributed by atoms with Crippen LogP contribution in [0.2, 0.25) is 0 Å². The lowest BCUT2D eigenvalue weighted by Gasteiger charge is -2.45. The van der Waals surface area contributed by atoms with Gasteiger partial charge in [-0.15, -0.1) is 0 Å². The van der Waals surface area contributed by atoms with E-state index in [-0.39, 0.29) is 11.6 Å². The maximum atomic E-state index is 13.5. The van der Waals surface area contributed by atoms with Crippen LogP contribution in [-0.4, -0.2) is 42.4 Å². The number of hydrogen-bond acceptors (Lipinski definition) is 3. The van der Waals surface area contributed by atoms with Crippen LogP contribution in [0.15, 0.2) is 58.2 Å². The molecule has 0 saturated carbocycles. The number of hydrogen-bond donors (Lipinski definition) is 0. The van der Waals surface area contributed by atoms with E-state index in [1.165, 1.54) is 33.9 Å². The molecule has 4 rings (SSSR count). The Balaban J connectivity index is 1.93. The molecule has 33 heavy (non-hydrogen) atoms. The van der Waals surface area contributed by atoms with Crippen molar-refractivity contribution >= 4 is 33.6 Å². The maximum Gasteiger partial charge on any atom is 0.416 e. The van der Waals surface area contributed by atoms with Gasteiger partial charge in [-0.1, -0.05) is 28.1 Å². The van der Waals surface area contributed by atoms with Crippen LogP contribution in [0.25, 0.3) is 0 Å². The number of nitriles is 1. The molecular weight excluding hydrogens is 501 g/mol. The number of likely N-dealkylation sites (N-methyl/N-ethyl adjacent to an activating group) is 2. The second-order valence-corrected chi connectivity index (χ2v) is 8.72. The fourth-order valence-electron chi connectivity index (χ4n) is 4.19. The topological polar surface area (TPSA) is 67.6 Å². The number of benzene rings is 2. The van der Waals surface area contributed by atoms with Crippen LogP contribution in [0.3, 0.4) is 0 Å². The summed E-state index contributed by atoms with van der Waals surface area (Å²) in [5.74, 6) is -0.311. The van der Waals surface area contributed by atoms with Crippen molar-refractivity contribution in [1.82, 2.24) is 9.80 Å². The van der Waals surface area contributed by atoms with Gasteiger partial charge in [-0.3, -0.25) is 9.69 Å². The first kappa shape index (κ1) is 22.9. The number of urea groups is 1. The van der Waals surface area contributed by atoms with E-state index in [0.29, 0.717) is 39.8 Å². The molecule has 1 unspecified atom stereocenters. The lowest BCUT2D eigenvalue weighted by Crippen LogP contribution is -2.53. The van der Waals surface area contributed by atoms with Gasteiger partial charge in [-0.2, -0.15) is 18.4 Å². The molecule has 2 aromatic rings. The molecule has 170 valence electrons. The van der Waals surface area contributed by atoms with Crippen molar-refractivity contribution in [2.24, 2.45) is 0 Å². The van der Waals surface area contributed by atoms with Gasteiger partial charge in [0.05, 0.1) is 34.5 Å². The summed E-state index contributed by atoms with van der Waals surface area (Å²) in [6.07, 6.45) is -4.27. The maximum absolute atomic E-state index is 13.5. The number of carbonyl (C=O) groups is 2. The van der Waals surface area contributed by atoms with E-state index in [0.717, 1.165) is 12.1 Å². The molecule has 0 spiro atoms. The molecule has 2 heterocycles. The van der Waals surface area contributed by atoms with Crippen LogP contribution in [0.1, 0.15) is 29.2 Å². The minimum absolute atomic E-state index is 0.0453. The number of carbonyl (C=O) groups excluding carboxylic acids is 2. The molecule has 2 aromatic carbocycles. The quantitative estimate of drug-likeness (QED) is 0.557. The van der Waals surface area contributed by atoms with Crippen LogP contribution in [0, 0.1) is 11.3 Å². The fraction of sp³-hybridized carbons (Fsp3) is 0.261. The Kier molecular flexibility index (Phi) is 5.70. The predicted octanol–water partition coefficient (Wildman–Crippen LogP) is 5.07. The summed E-state index contributed by atoms with van der Waals surface area (Å²) < 4.78 is 40.5. The van der Waals surface area contributed by atoms with Crippen molar-refractivity contribution in [3.05, 3.63) is 74.9 Å². The number of halogens is 4. The molecule has 6 nitrogen and oxygen atoms in total. The Labute approximate surface area is 196 Å². The van der Waals surface area contributed by atoms with Gasteiger partial charge in [0.2, 0.25) is 0 Å². The summed E-state index contributed by atoms with van der Waals surface area (Å²) in [5, 5.41) is 9.17. The molecule has 0 fully saturated rings. The van der Waals surface area contributed by atoms with Crippen LogP contribution in [0.5, 0.6) is 0 Å². The summed E-state index contributed by atoms with van der Waals surface area (Å²) in [7, 11) is 3.14. The van der Waals surface area contributed by atoms with Crippen LogP contribution < -0.4 is 4.90 Å². The van der Waals surface area contributed by atoms with E-state index in [1.54, 1.807) is 25.2 Å². The molecule has 2 aliphatic heterocycles. The van der Waals surface area contributed by atoms with Crippen molar-refractivity contribution in [2.75, 3.05) is 25.5 Å². The lowest BCUT2D eigenvalue weighted by atomic mass is 9.88. The molecular formula is C23H18BrF3N4O2. The van der Waals surface area contributed by atoms with Gasteiger partial charge in [0.1, 0.15) is 0 Å². The molecule has 0 bridgehead atoms. The van der Waals surface area contributed by atoms with Gasteiger partial charge in [-0.25, -0.2) is 4.79 Å². The average molecular weight is 519 g/mol. The van der Waals surface area contributed by atoms with Gasteiger partial charge >= 0.3 is 12.2 Å². The third kappa shape index (κ3) is 3.86. The van der Waals surface area contributed by atoms with E-state index in [9.17, 15) is 22.8 Å². The van der Waals surface area contributed by atoms with Crippen molar-refractivity contribution in [1.29, 1.82) is 5.26 Å². The van der Waals surface area contributed by atoms with E-state index < -0.39 is 23.8 Å². The summed E-state index contributed by atoms with van der Waals surface area (Å²) >= 11 is 3.44. The number of amides is 3. The van der Waals surface area contributed by atoms with Crippen LogP contribution in [0.4, 0.5) is 23.7 Å². The number of rotatable bonds is 2. The first-order valence-corrected chi connectivity index (χ1v) is 10.8. The molecule has 1 atom stereocenters. The molecule has 10 heteroatoms. The molecule has 3 amide bonds. The van der Waals surface area contributed by atoms with Gasteiger partial charge < -0.3 is 9.80 Å². The third-order valence-electron chi connectivity index (χ3n) is 5.85. The Hall–Kier alpha value is -3.32. The van der Waals surface area contributed by atoms with Crippen molar-refractivity contribution < 1.29 is 22.8 Å². The highest BCUT2D eigenvalue weighted by molar-refractivity contribution is 9.10. The highest BCUT2D eigenvalue weighted by atomic mass is 79.9. The van der Waals surface area contributed by atoms with E-state index in [2.05, 4.69) is 15.9 Å². The smallest absolute Gasteiger partial charge is 0.341 e. The van der Waals surface area contributed by atoms with Gasteiger partial charge in [0.25, 0.3) is 5.91 Å². The summed E-state index contributed by atoms with van der Waals surface area (Å²) in [6.45, 7) is 0.325. The van der Waals surface area contributed by atoms with Crippen LogP contribution in [-0.2, 0) is 11.0 Å². The third-order valence-corrected chi connectivity index (χ3v) is 6.54. The van der Waals surface area contributed by atoms with E-state index in [4.69, 9.17) is 5.26 Å². The molecule has 0 aromatic heterocycles. The highest BCUT2D eigenvalue weighted by Gasteiger charge is 2.45. The monoisotopic (exact) mass is 518 g/mol. The fourth-order valence-corrected chi connectivity index (χ4v) is 4.79. The summed E-state index contributed by atoms with van der Waals surface area (Å²) in [4.78, 5) is 30.8. The lowest BCUT2D eigenvalue weighted by molar-refractivity contribution is -0.137. The largest absolute Gasteiger partial charge is 0.416 e. The standard InChI is InChI=1S/C23H18BrF3N4O2/c1-29-9-8-18-19(21(29)32)20(16-7-6-13(12-28)10-17(16)24)30(2)22(33)31(18)15-5-3-4-14(11-15)23(25,26)27/h3-7,10-11,20H,8-9H2,1-2H3. The molecule has 0 radical (unpaired) electrons. The van der Waals surface area contributed by atoms with Crippen LogP contribution >= 0.6 is 15.9 Å². The summed E-state index contributed by atoms with van der Waals surface area (Å²) in [6, 6.07) is 10.1. The summed E-state index contributed by atoms with van der Waals surface area (Å²) in [5.41, 5.74) is 0.861. The van der Waals surface area contributed by atoms with E-state index >= 15 is 0 Å². The van der Waals surface area contributed by atoms with Crippen molar-refractivity contribution in [3.63, 3.8) is 0 Å². The zero-order chi connectivity index (χ0) is 24.1. The molecule has 0 aliphatic carbocycles. The average Bonchev–Trinajstić information content (AvgIpc) is 2.77. The van der Waals surface area contributed by atoms with Gasteiger partial charge in [0.15, 0.2) is 0 Å². The minimum atomic E-state index is -4.57. The Morgan fingerprint density at radius 3 is 2.48 bits per heavy atom. The van der Waals surface area contributed by atoms with Gasteiger partial charge in [0, 0.05) is 37.2 Å². The number of nitrogens with zero attached hydrogens (tertiary/aromatic N) is 4.